The van der Waals surface area contributed by atoms with Crippen LogP contribution in [0.1, 0.15) is 10.4 Å². The number of nitrogens with zero attached hydrogens (tertiary/aromatic N) is 1. The Bertz CT molecular complexity index is 893. The highest BCUT2D eigenvalue weighted by atomic mass is 16.5. The molecule has 4 nitrogen and oxygen atoms in total. The molecule has 0 aliphatic heterocycles. The summed E-state index contributed by atoms with van der Waals surface area (Å²) in [4.78, 5) is 23.9. The molecule has 4 heteroatoms. The van der Waals surface area contributed by atoms with Crippen molar-refractivity contribution in [2.45, 2.75) is 0 Å². The zero-order chi connectivity index (χ0) is 14.3. The van der Waals surface area contributed by atoms with Crippen molar-refractivity contribution in [2.24, 2.45) is 7.05 Å². The number of aryl methyl sites for hydroxylation is 1. The molecule has 20 heavy (non-hydrogen) atoms. The Balaban J connectivity index is 2.50. The summed E-state index contributed by atoms with van der Waals surface area (Å²) in [5.74, 6) is -0.384. The number of carbonyl (C=O) groups excluding carboxylic acids is 1. The van der Waals surface area contributed by atoms with E-state index in [1.54, 1.807) is 35.9 Å². The van der Waals surface area contributed by atoms with Gasteiger partial charge in [0.1, 0.15) is 0 Å². The van der Waals surface area contributed by atoms with Crippen LogP contribution >= 0.6 is 0 Å². The van der Waals surface area contributed by atoms with Crippen LogP contribution in [0.3, 0.4) is 0 Å². The summed E-state index contributed by atoms with van der Waals surface area (Å²) in [6.45, 7) is 0. The lowest BCUT2D eigenvalue weighted by Crippen LogP contribution is -2.17. The molecule has 0 radical (unpaired) electrons. The summed E-state index contributed by atoms with van der Waals surface area (Å²) in [7, 11) is 3.08. The zero-order valence-corrected chi connectivity index (χ0v) is 11.2. The number of methoxy groups -OCH3 is 1. The van der Waals surface area contributed by atoms with Gasteiger partial charge in [-0.25, -0.2) is 4.79 Å². The molecule has 0 bridgehead atoms. The van der Waals surface area contributed by atoms with E-state index in [0.29, 0.717) is 10.9 Å². The Labute approximate surface area is 115 Å². The number of fused-ring (bicyclic) bond motifs is 3. The van der Waals surface area contributed by atoms with Crippen molar-refractivity contribution >= 4 is 27.6 Å². The number of ether oxygens (including phenoxy) is 1. The molecule has 0 saturated heterocycles. The minimum Gasteiger partial charge on any atom is -0.465 e. The zero-order valence-electron chi connectivity index (χ0n) is 11.2. The van der Waals surface area contributed by atoms with Crippen LogP contribution in [0.25, 0.3) is 21.7 Å². The fraction of sp³-hybridized carbons (Fsp3) is 0.125. The van der Waals surface area contributed by atoms with Gasteiger partial charge in [-0.15, -0.1) is 0 Å². The molecule has 1 aromatic heterocycles. The predicted octanol–water partition coefficient (Wildman–Crippen LogP) is 2.48. The van der Waals surface area contributed by atoms with Crippen LogP contribution in [-0.2, 0) is 11.8 Å². The maximum absolute atomic E-state index is 12.3. The number of pyridine rings is 1. The van der Waals surface area contributed by atoms with E-state index in [1.165, 1.54) is 7.11 Å². The largest absolute Gasteiger partial charge is 0.465 e. The molecule has 3 rings (SSSR count). The third-order valence-corrected chi connectivity index (χ3v) is 3.53. The summed E-state index contributed by atoms with van der Waals surface area (Å²) < 4.78 is 6.34. The third kappa shape index (κ3) is 1.69. The topological polar surface area (TPSA) is 48.3 Å². The van der Waals surface area contributed by atoms with Crippen molar-refractivity contribution in [3.8, 4) is 0 Å². The van der Waals surface area contributed by atoms with E-state index in [2.05, 4.69) is 0 Å². The van der Waals surface area contributed by atoms with Gasteiger partial charge in [0, 0.05) is 17.8 Å². The molecule has 0 amide bonds. The van der Waals surface area contributed by atoms with E-state index in [4.69, 9.17) is 4.74 Å². The quantitative estimate of drug-likeness (QED) is 0.502. The van der Waals surface area contributed by atoms with E-state index in [0.717, 1.165) is 16.3 Å². The molecule has 0 aliphatic rings. The van der Waals surface area contributed by atoms with Crippen LogP contribution in [0.4, 0.5) is 0 Å². The van der Waals surface area contributed by atoms with Crippen LogP contribution in [-0.4, -0.2) is 17.6 Å². The predicted molar refractivity (Wildman–Crippen MR) is 78.0 cm³/mol. The molecule has 0 N–H and O–H groups in total. The van der Waals surface area contributed by atoms with Crippen molar-refractivity contribution < 1.29 is 9.53 Å². The summed E-state index contributed by atoms with van der Waals surface area (Å²) in [5.41, 5.74) is 1.23. The highest BCUT2D eigenvalue weighted by Gasteiger charge is 2.11. The number of aromatic nitrogens is 1. The second-order valence-electron chi connectivity index (χ2n) is 4.63. The van der Waals surface area contributed by atoms with Gasteiger partial charge in [0.15, 0.2) is 0 Å². The Kier molecular flexibility index (Phi) is 2.79. The Morgan fingerprint density at radius 3 is 2.45 bits per heavy atom. The fourth-order valence-electron chi connectivity index (χ4n) is 2.48. The maximum Gasteiger partial charge on any atom is 0.337 e. The number of hydrogen-bond donors (Lipinski definition) is 0. The van der Waals surface area contributed by atoms with Gasteiger partial charge in [-0.3, -0.25) is 4.79 Å². The van der Waals surface area contributed by atoms with Crippen LogP contribution in [0, 0.1) is 0 Å². The van der Waals surface area contributed by atoms with Gasteiger partial charge in [-0.2, -0.15) is 0 Å². The Hall–Kier alpha value is -2.62. The lowest BCUT2D eigenvalue weighted by molar-refractivity contribution is 0.0601. The number of hydrogen-bond acceptors (Lipinski definition) is 3. The molecular formula is C16H13NO3. The van der Waals surface area contributed by atoms with Gasteiger partial charge in [0.25, 0.3) is 5.56 Å². The average Bonchev–Trinajstić information content (AvgIpc) is 2.51. The number of benzene rings is 2. The van der Waals surface area contributed by atoms with Crippen LogP contribution in [0.15, 0.2) is 47.3 Å². The van der Waals surface area contributed by atoms with Gasteiger partial charge in [-0.05, 0) is 29.7 Å². The maximum atomic E-state index is 12.3. The van der Waals surface area contributed by atoms with Gasteiger partial charge in [0.2, 0.25) is 0 Å². The van der Waals surface area contributed by atoms with E-state index in [1.807, 2.05) is 18.2 Å². The first-order valence-corrected chi connectivity index (χ1v) is 6.23. The summed E-state index contributed by atoms with van der Waals surface area (Å²) in [5, 5.41) is 2.35. The van der Waals surface area contributed by atoms with Gasteiger partial charge in [-0.1, -0.05) is 18.2 Å². The molecule has 100 valence electrons. The Morgan fingerprint density at radius 2 is 1.75 bits per heavy atom. The Morgan fingerprint density at radius 1 is 1.05 bits per heavy atom. The van der Waals surface area contributed by atoms with Crippen molar-refractivity contribution in [2.75, 3.05) is 7.11 Å². The molecule has 1 heterocycles. The third-order valence-electron chi connectivity index (χ3n) is 3.53. The minimum absolute atomic E-state index is 0.0427. The van der Waals surface area contributed by atoms with Gasteiger partial charge < -0.3 is 9.30 Å². The minimum atomic E-state index is -0.384. The highest BCUT2D eigenvalue weighted by Crippen LogP contribution is 2.23. The first-order chi connectivity index (χ1) is 9.63. The summed E-state index contributed by atoms with van der Waals surface area (Å²) in [6.07, 6.45) is 0. The fourth-order valence-corrected chi connectivity index (χ4v) is 2.48. The van der Waals surface area contributed by atoms with Crippen LogP contribution < -0.4 is 5.56 Å². The molecule has 0 atom stereocenters. The monoisotopic (exact) mass is 267 g/mol. The van der Waals surface area contributed by atoms with E-state index in [-0.39, 0.29) is 11.5 Å². The van der Waals surface area contributed by atoms with E-state index < -0.39 is 0 Å². The molecule has 0 fully saturated rings. The lowest BCUT2D eigenvalue weighted by Gasteiger charge is -2.10. The lowest BCUT2D eigenvalue weighted by atomic mass is 10.0. The number of rotatable bonds is 1. The van der Waals surface area contributed by atoms with E-state index >= 15 is 0 Å². The standard InChI is InChI=1S/C16H13NO3/c1-17-14-8-7-10(16(19)20-2)9-13(14)11-5-3-4-6-12(11)15(17)18/h3-9H,1-2H3. The molecule has 0 saturated carbocycles. The second kappa shape index (κ2) is 4.49. The molecular weight excluding hydrogens is 254 g/mol. The summed E-state index contributed by atoms with van der Waals surface area (Å²) >= 11 is 0. The second-order valence-corrected chi connectivity index (χ2v) is 4.63. The van der Waals surface area contributed by atoms with Crippen molar-refractivity contribution in [1.82, 2.24) is 4.57 Å². The molecule has 2 aromatic carbocycles. The van der Waals surface area contributed by atoms with Crippen LogP contribution in [0.2, 0.25) is 0 Å². The molecule has 0 aliphatic carbocycles. The average molecular weight is 267 g/mol. The molecule has 0 unspecified atom stereocenters. The SMILES string of the molecule is COC(=O)c1ccc2c(c1)c1ccccc1c(=O)n2C. The number of esters is 1. The van der Waals surface area contributed by atoms with Crippen molar-refractivity contribution in [1.29, 1.82) is 0 Å². The highest BCUT2D eigenvalue weighted by molar-refractivity contribution is 6.07. The first kappa shape index (κ1) is 12.4. The first-order valence-electron chi connectivity index (χ1n) is 6.23. The van der Waals surface area contributed by atoms with Crippen LogP contribution in [0.5, 0.6) is 0 Å². The molecule has 0 spiro atoms. The molecule has 3 aromatic rings. The number of carbonyl (C=O) groups is 1. The van der Waals surface area contributed by atoms with Crippen molar-refractivity contribution in [3.63, 3.8) is 0 Å². The van der Waals surface area contributed by atoms with Gasteiger partial charge in [0.05, 0.1) is 18.2 Å². The van der Waals surface area contributed by atoms with Gasteiger partial charge >= 0.3 is 5.97 Å². The van der Waals surface area contributed by atoms with Crippen molar-refractivity contribution in [3.05, 3.63) is 58.4 Å². The summed E-state index contributed by atoms with van der Waals surface area (Å²) in [6, 6.07) is 12.6. The smallest absolute Gasteiger partial charge is 0.337 e. The van der Waals surface area contributed by atoms with E-state index in [9.17, 15) is 9.59 Å². The normalized spacial score (nSPS) is 10.9.